The summed E-state index contributed by atoms with van der Waals surface area (Å²) in [6.45, 7) is 11.2. The number of hydrogen-bond acceptors (Lipinski definition) is 3. The lowest BCUT2D eigenvalue weighted by molar-refractivity contribution is -0.143. The molecule has 2 aliphatic heterocycles. The maximum absolute atomic E-state index is 12.4. The van der Waals surface area contributed by atoms with E-state index >= 15 is 0 Å². The van der Waals surface area contributed by atoms with E-state index in [9.17, 15) is 4.79 Å². The Labute approximate surface area is 126 Å². The van der Waals surface area contributed by atoms with E-state index in [2.05, 4.69) is 46.8 Å². The van der Waals surface area contributed by atoms with Gasteiger partial charge in [0.25, 0.3) is 0 Å². The Kier molecular flexibility index (Phi) is 3.56. The fourth-order valence-corrected chi connectivity index (χ4v) is 3.39. The molecule has 0 radical (unpaired) electrons. The molecule has 3 rings (SSSR count). The van der Waals surface area contributed by atoms with Gasteiger partial charge in [0.15, 0.2) is 0 Å². The minimum absolute atomic E-state index is 0.0271. The van der Waals surface area contributed by atoms with Gasteiger partial charge in [0.05, 0.1) is 11.7 Å². The van der Waals surface area contributed by atoms with Crippen molar-refractivity contribution in [3.63, 3.8) is 0 Å². The van der Waals surface area contributed by atoms with E-state index in [1.54, 1.807) is 0 Å². The lowest BCUT2D eigenvalue weighted by Crippen LogP contribution is -2.58. The summed E-state index contributed by atoms with van der Waals surface area (Å²) in [7, 11) is 0. The van der Waals surface area contributed by atoms with Crippen LogP contribution in [-0.4, -0.2) is 51.1 Å². The zero-order chi connectivity index (χ0) is 15.2. The third kappa shape index (κ3) is 2.71. The van der Waals surface area contributed by atoms with E-state index in [0.29, 0.717) is 11.9 Å². The average Bonchev–Trinajstić information content (AvgIpc) is 3.03. The van der Waals surface area contributed by atoms with Gasteiger partial charge in [-0.25, -0.2) is 0 Å². The molecule has 2 fully saturated rings. The number of rotatable bonds is 2. The summed E-state index contributed by atoms with van der Waals surface area (Å²) in [6.07, 6.45) is 2.29. The Balaban J connectivity index is 1.72. The monoisotopic (exact) mass is 290 g/mol. The number of amides is 1. The largest absolute Gasteiger partial charge is 0.337 e. The first kappa shape index (κ1) is 14.6. The molecule has 1 N–H and O–H groups in total. The SMILES string of the molecule is C[C@@H]1C(=O)N2CCC[C@@H]2CN1Cc1cc(C(C)(C)C)n[nH]1. The summed E-state index contributed by atoms with van der Waals surface area (Å²) >= 11 is 0. The van der Waals surface area contributed by atoms with Gasteiger partial charge in [-0.3, -0.25) is 14.8 Å². The van der Waals surface area contributed by atoms with Gasteiger partial charge in [0.1, 0.15) is 0 Å². The molecule has 2 aliphatic rings. The van der Waals surface area contributed by atoms with Crippen LogP contribution in [0.15, 0.2) is 6.07 Å². The van der Waals surface area contributed by atoms with Crippen LogP contribution >= 0.6 is 0 Å². The predicted molar refractivity (Wildman–Crippen MR) is 81.9 cm³/mol. The minimum atomic E-state index is -0.0271. The zero-order valence-corrected chi connectivity index (χ0v) is 13.5. The number of carbonyl (C=O) groups excluding carboxylic acids is 1. The number of nitrogens with zero attached hydrogens (tertiary/aromatic N) is 3. The average molecular weight is 290 g/mol. The van der Waals surface area contributed by atoms with E-state index < -0.39 is 0 Å². The van der Waals surface area contributed by atoms with E-state index in [1.807, 2.05) is 6.92 Å². The van der Waals surface area contributed by atoms with E-state index in [-0.39, 0.29) is 11.5 Å². The summed E-state index contributed by atoms with van der Waals surface area (Å²) < 4.78 is 0. The van der Waals surface area contributed by atoms with Crippen molar-refractivity contribution in [2.24, 2.45) is 0 Å². The van der Waals surface area contributed by atoms with E-state index in [1.165, 1.54) is 0 Å². The molecule has 2 atom stereocenters. The van der Waals surface area contributed by atoms with Crippen LogP contribution in [0.4, 0.5) is 0 Å². The molecule has 0 aliphatic carbocycles. The van der Waals surface area contributed by atoms with Crippen LogP contribution in [0.25, 0.3) is 0 Å². The Morgan fingerprint density at radius 2 is 2.19 bits per heavy atom. The molecule has 5 heteroatoms. The number of nitrogens with one attached hydrogen (secondary N) is 1. The van der Waals surface area contributed by atoms with E-state index in [4.69, 9.17) is 0 Å². The summed E-state index contributed by atoms with van der Waals surface area (Å²) in [5, 5.41) is 7.55. The quantitative estimate of drug-likeness (QED) is 0.905. The Morgan fingerprint density at radius 1 is 1.43 bits per heavy atom. The number of aromatic amines is 1. The van der Waals surface area contributed by atoms with Crippen LogP contribution in [0.1, 0.15) is 51.9 Å². The molecule has 3 heterocycles. The first-order valence-electron chi connectivity index (χ1n) is 7.95. The molecule has 0 unspecified atom stereocenters. The molecule has 1 amide bonds. The molecule has 0 saturated carbocycles. The van der Waals surface area contributed by atoms with Crippen LogP contribution in [0.5, 0.6) is 0 Å². The highest BCUT2D eigenvalue weighted by Gasteiger charge is 2.40. The molecule has 0 spiro atoms. The summed E-state index contributed by atoms with van der Waals surface area (Å²) in [5.41, 5.74) is 2.24. The molecule has 1 aromatic rings. The third-order valence-electron chi connectivity index (χ3n) is 4.78. The van der Waals surface area contributed by atoms with E-state index in [0.717, 1.165) is 43.9 Å². The molecule has 0 aromatic carbocycles. The highest BCUT2D eigenvalue weighted by molar-refractivity contribution is 5.83. The number of H-pyrrole nitrogens is 1. The summed E-state index contributed by atoms with van der Waals surface area (Å²) in [4.78, 5) is 16.8. The van der Waals surface area contributed by atoms with Gasteiger partial charge in [-0.1, -0.05) is 20.8 Å². The first-order valence-corrected chi connectivity index (χ1v) is 7.95. The Bertz CT molecular complexity index is 531. The van der Waals surface area contributed by atoms with Gasteiger partial charge in [0, 0.05) is 36.8 Å². The second-order valence-corrected chi connectivity index (χ2v) is 7.46. The highest BCUT2D eigenvalue weighted by atomic mass is 16.2. The topological polar surface area (TPSA) is 52.2 Å². The standard InChI is InChI=1S/C16H26N4O/c1-11-15(21)20-7-5-6-13(20)10-19(11)9-12-8-14(18-17-12)16(2,3)4/h8,11,13H,5-7,9-10H2,1-4H3,(H,17,18)/t11-,13-/m1/s1. The van der Waals surface area contributed by atoms with Crippen molar-refractivity contribution in [2.75, 3.05) is 13.1 Å². The summed E-state index contributed by atoms with van der Waals surface area (Å²) in [5.74, 6) is 0.291. The lowest BCUT2D eigenvalue weighted by atomic mass is 9.92. The zero-order valence-electron chi connectivity index (χ0n) is 13.5. The van der Waals surface area contributed by atoms with Gasteiger partial charge in [0.2, 0.25) is 5.91 Å². The van der Waals surface area contributed by atoms with Crippen molar-refractivity contribution < 1.29 is 4.79 Å². The fraction of sp³-hybridized carbons (Fsp3) is 0.750. The van der Waals surface area contributed by atoms with Gasteiger partial charge >= 0.3 is 0 Å². The summed E-state index contributed by atoms with van der Waals surface area (Å²) in [6, 6.07) is 2.53. The van der Waals surface area contributed by atoms with Crippen LogP contribution < -0.4 is 0 Å². The van der Waals surface area contributed by atoms with Crippen molar-refractivity contribution in [3.8, 4) is 0 Å². The fourth-order valence-electron chi connectivity index (χ4n) is 3.39. The molecule has 1 aromatic heterocycles. The maximum Gasteiger partial charge on any atom is 0.239 e. The number of carbonyl (C=O) groups is 1. The van der Waals surface area contributed by atoms with Gasteiger partial charge < -0.3 is 4.90 Å². The number of aromatic nitrogens is 2. The lowest BCUT2D eigenvalue weighted by Gasteiger charge is -2.41. The molecule has 116 valence electrons. The van der Waals surface area contributed by atoms with Gasteiger partial charge in [-0.2, -0.15) is 5.10 Å². The Morgan fingerprint density at radius 3 is 2.86 bits per heavy atom. The number of fused-ring (bicyclic) bond motifs is 1. The van der Waals surface area contributed by atoms with Crippen molar-refractivity contribution in [3.05, 3.63) is 17.5 Å². The van der Waals surface area contributed by atoms with Crippen LogP contribution in [0, 0.1) is 0 Å². The third-order valence-corrected chi connectivity index (χ3v) is 4.78. The number of piperazine rings is 1. The second-order valence-electron chi connectivity index (χ2n) is 7.46. The highest BCUT2D eigenvalue weighted by Crippen LogP contribution is 2.27. The Hall–Kier alpha value is -1.36. The van der Waals surface area contributed by atoms with Crippen molar-refractivity contribution in [1.29, 1.82) is 0 Å². The van der Waals surface area contributed by atoms with Crippen molar-refractivity contribution in [1.82, 2.24) is 20.0 Å². The smallest absolute Gasteiger partial charge is 0.239 e. The van der Waals surface area contributed by atoms with Crippen LogP contribution in [0.3, 0.4) is 0 Å². The molecule has 21 heavy (non-hydrogen) atoms. The molecule has 5 nitrogen and oxygen atoms in total. The molecule has 0 bridgehead atoms. The minimum Gasteiger partial charge on any atom is -0.337 e. The second kappa shape index (κ2) is 5.13. The van der Waals surface area contributed by atoms with Crippen LogP contribution in [0.2, 0.25) is 0 Å². The van der Waals surface area contributed by atoms with Gasteiger partial charge in [-0.15, -0.1) is 0 Å². The van der Waals surface area contributed by atoms with Crippen LogP contribution in [-0.2, 0) is 16.8 Å². The first-order chi connectivity index (χ1) is 9.86. The van der Waals surface area contributed by atoms with Crippen molar-refractivity contribution in [2.45, 2.75) is 64.6 Å². The maximum atomic E-state index is 12.4. The molecule has 2 saturated heterocycles. The number of hydrogen-bond donors (Lipinski definition) is 1. The predicted octanol–water partition coefficient (Wildman–Crippen LogP) is 1.90. The van der Waals surface area contributed by atoms with Gasteiger partial charge in [-0.05, 0) is 25.8 Å². The molecular weight excluding hydrogens is 264 g/mol. The van der Waals surface area contributed by atoms with Crippen molar-refractivity contribution >= 4 is 5.91 Å². The molecular formula is C16H26N4O. The normalized spacial score (nSPS) is 27.2.